The highest BCUT2D eigenvalue weighted by Gasteiger charge is 2.25. The first-order valence-corrected chi connectivity index (χ1v) is 10.2. The average molecular weight is 397 g/mol. The molecule has 5 nitrogen and oxygen atoms in total. The maximum absolute atomic E-state index is 13.0. The summed E-state index contributed by atoms with van der Waals surface area (Å²) in [5.74, 6) is 0.625. The monoisotopic (exact) mass is 396 g/mol. The molecule has 5 heteroatoms. The molecule has 0 radical (unpaired) electrons. The molecule has 2 aromatic rings. The van der Waals surface area contributed by atoms with E-state index in [9.17, 15) is 9.59 Å². The fourth-order valence-electron chi connectivity index (χ4n) is 3.07. The summed E-state index contributed by atoms with van der Waals surface area (Å²) in [7, 11) is 0. The van der Waals surface area contributed by atoms with E-state index in [2.05, 4.69) is 5.32 Å². The lowest BCUT2D eigenvalue weighted by molar-refractivity contribution is -0.140. The van der Waals surface area contributed by atoms with Gasteiger partial charge in [-0.2, -0.15) is 0 Å². The molecule has 1 unspecified atom stereocenters. The third-order valence-corrected chi connectivity index (χ3v) is 4.94. The Morgan fingerprint density at radius 3 is 2.41 bits per heavy atom. The molecule has 0 aliphatic rings. The summed E-state index contributed by atoms with van der Waals surface area (Å²) in [6.07, 6.45) is 0.931. The summed E-state index contributed by atoms with van der Waals surface area (Å²) in [6.45, 7) is 9.13. The second-order valence-electron chi connectivity index (χ2n) is 7.28. The van der Waals surface area contributed by atoms with Gasteiger partial charge in [0.2, 0.25) is 11.8 Å². The first kappa shape index (κ1) is 22.5. The molecule has 29 heavy (non-hydrogen) atoms. The molecule has 2 amide bonds. The minimum atomic E-state index is -0.528. The van der Waals surface area contributed by atoms with Crippen LogP contribution in [0.1, 0.15) is 43.4 Å². The van der Waals surface area contributed by atoms with Crippen LogP contribution in [0.25, 0.3) is 0 Å². The van der Waals surface area contributed by atoms with Crippen molar-refractivity contribution in [2.75, 3.05) is 13.2 Å². The fourth-order valence-corrected chi connectivity index (χ4v) is 3.07. The van der Waals surface area contributed by atoms with Gasteiger partial charge in [0.05, 0.1) is 6.61 Å². The minimum absolute atomic E-state index is 0.0421. The van der Waals surface area contributed by atoms with E-state index >= 15 is 0 Å². The number of carbonyl (C=O) groups excluding carboxylic acids is 2. The number of amides is 2. The largest absolute Gasteiger partial charge is 0.494 e. The highest BCUT2D eigenvalue weighted by atomic mass is 16.5. The second-order valence-corrected chi connectivity index (χ2v) is 7.28. The van der Waals surface area contributed by atoms with Crippen LogP contribution in [0, 0.1) is 13.8 Å². The van der Waals surface area contributed by atoms with Crippen LogP contribution in [-0.2, 0) is 16.1 Å². The smallest absolute Gasteiger partial charge is 0.242 e. The normalized spacial score (nSPS) is 11.6. The van der Waals surface area contributed by atoms with Crippen molar-refractivity contribution in [1.82, 2.24) is 10.2 Å². The van der Waals surface area contributed by atoms with Gasteiger partial charge in [-0.15, -0.1) is 0 Å². The number of likely N-dealkylation sites (N-methyl/N-ethyl adjacent to an activating group) is 1. The molecule has 2 rings (SSSR count). The van der Waals surface area contributed by atoms with E-state index in [4.69, 9.17) is 4.74 Å². The minimum Gasteiger partial charge on any atom is -0.494 e. The molecule has 0 saturated heterocycles. The van der Waals surface area contributed by atoms with E-state index in [1.165, 1.54) is 5.56 Å². The van der Waals surface area contributed by atoms with E-state index in [1.807, 2.05) is 69.3 Å². The Labute approximate surface area is 174 Å². The number of carbonyl (C=O) groups is 2. The first-order valence-electron chi connectivity index (χ1n) is 10.2. The molecule has 0 aliphatic carbocycles. The molecule has 0 aromatic heterocycles. The number of hydrogen-bond acceptors (Lipinski definition) is 3. The third kappa shape index (κ3) is 6.93. The predicted octanol–water partition coefficient (Wildman–Crippen LogP) is 4.02. The molecule has 0 saturated carbocycles. The first-order chi connectivity index (χ1) is 13.9. The van der Waals surface area contributed by atoms with Gasteiger partial charge in [-0.1, -0.05) is 42.0 Å². The van der Waals surface area contributed by atoms with Crippen LogP contribution >= 0.6 is 0 Å². The molecule has 0 spiro atoms. The lowest BCUT2D eigenvalue weighted by Crippen LogP contribution is -2.47. The number of nitrogens with zero attached hydrogens (tertiary/aromatic N) is 1. The van der Waals surface area contributed by atoms with Gasteiger partial charge in [0.25, 0.3) is 0 Å². The molecule has 2 aromatic carbocycles. The van der Waals surface area contributed by atoms with Crippen molar-refractivity contribution in [2.45, 2.75) is 53.1 Å². The Bertz CT molecular complexity index is 802. The van der Waals surface area contributed by atoms with Crippen LogP contribution in [0.3, 0.4) is 0 Å². The second kappa shape index (κ2) is 11.2. The van der Waals surface area contributed by atoms with Gasteiger partial charge in [-0.05, 0) is 57.4 Å². The Kier molecular flexibility index (Phi) is 8.71. The zero-order valence-corrected chi connectivity index (χ0v) is 17.9. The maximum atomic E-state index is 13.0. The molecular formula is C24H32N2O3. The quantitative estimate of drug-likeness (QED) is 0.617. The van der Waals surface area contributed by atoms with Gasteiger partial charge >= 0.3 is 0 Å². The predicted molar refractivity (Wildman–Crippen MR) is 116 cm³/mol. The van der Waals surface area contributed by atoms with Crippen LogP contribution < -0.4 is 10.1 Å². The topological polar surface area (TPSA) is 58.6 Å². The Balaban J connectivity index is 1.98. The van der Waals surface area contributed by atoms with Crippen LogP contribution in [-0.4, -0.2) is 35.9 Å². The molecular weight excluding hydrogens is 364 g/mol. The van der Waals surface area contributed by atoms with Crippen molar-refractivity contribution in [3.05, 3.63) is 65.2 Å². The van der Waals surface area contributed by atoms with Gasteiger partial charge in [0.1, 0.15) is 11.8 Å². The SMILES string of the molecule is CCNC(=O)C(C)N(Cc1ccccc1C)C(=O)CCCOc1ccc(C)cc1. The van der Waals surface area contributed by atoms with E-state index in [0.29, 0.717) is 32.5 Å². The summed E-state index contributed by atoms with van der Waals surface area (Å²) in [6, 6.07) is 15.3. The Hall–Kier alpha value is -2.82. The summed E-state index contributed by atoms with van der Waals surface area (Å²) < 4.78 is 5.73. The van der Waals surface area contributed by atoms with Gasteiger partial charge in [-0.3, -0.25) is 9.59 Å². The lowest BCUT2D eigenvalue weighted by atomic mass is 10.1. The van der Waals surface area contributed by atoms with E-state index in [0.717, 1.165) is 16.9 Å². The maximum Gasteiger partial charge on any atom is 0.242 e. The Morgan fingerprint density at radius 1 is 1.07 bits per heavy atom. The number of ether oxygens (including phenoxy) is 1. The van der Waals surface area contributed by atoms with Gasteiger partial charge in [0, 0.05) is 19.5 Å². The molecule has 156 valence electrons. The molecule has 0 fully saturated rings. The summed E-state index contributed by atoms with van der Waals surface area (Å²) in [5.41, 5.74) is 3.34. The van der Waals surface area contributed by atoms with Gasteiger partial charge in [-0.25, -0.2) is 0 Å². The lowest BCUT2D eigenvalue weighted by Gasteiger charge is -2.29. The summed E-state index contributed by atoms with van der Waals surface area (Å²) >= 11 is 0. The highest BCUT2D eigenvalue weighted by Crippen LogP contribution is 2.16. The third-order valence-electron chi connectivity index (χ3n) is 4.94. The van der Waals surface area contributed by atoms with E-state index in [-0.39, 0.29) is 11.8 Å². The van der Waals surface area contributed by atoms with Gasteiger partial charge < -0.3 is 15.0 Å². The number of hydrogen-bond donors (Lipinski definition) is 1. The van der Waals surface area contributed by atoms with Crippen molar-refractivity contribution in [1.29, 1.82) is 0 Å². The zero-order chi connectivity index (χ0) is 21.2. The average Bonchev–Trinajstić information content (AvgIpc) is 2.71. The highest BCUT2D eigenvalue weighted by molar-refractivity contribution is 5.87. The van der Waals surface area contributed by atoms with Crippen LogP contribution in [0.4, 0.5) is 0 Å². The van der Waals surface area contributed by atoms with Gasteiger partial charge in [0.15, 0.2) is 0 Å². The van der Waals surface area contributed by atoms with Crippen LogP contribution in [0.15, 0.2) is 48.5 Å². The molecule has 0 bridgehead atoms. The number of nitrogens with one attached hydrogen (secondary N) is 1. The molecule has 0 heterocycles. The van der Waals surface area contributed by atoms with Crippen LogP contribution in [0.5, 0.6) is 5.75 Å². The van der Waals surface area contributed by atoms with Crippen molar-refractivity contribution in [2.24, 2.45) is 0 Å². The fraction of sp³-hybridized carbons (Fsp3) is 0.417. The van der Waals surface area contributed by atoms with Crippen molar-refractivity contribution < 1.29 is 14.3 Å². The molecule has 1 N–H and O–H groups in total. The van der Waals surface area contributed by atoms with Crippen molar-refractivity contribution in [3.8, 4) is 5.75 Å². The summed E-state index contributed by atoms with van der Waals surface area (Å²) in [5, 5.41) is 2.82. The zero-order valence-electron chi connectivity index (χ0n) is 17.9. The van der Waals surface area contributed by atoms with Crippen molar-refractivity contribution in [3.63, 3.8) is 0 Å². The molecule has 1 atom stereocenters. The van der Waals surface area contributed by atoms with E-state index < -0.39 is 6.04 Å². The number of benzene rings is 2. The van der Waals surface area contributed by atoms with E-state index in [1.54, 1.807) is 11.8 Å². The number of rotatable bonds is 10. The van der Waals surface area contributed by atoms with Crippen LogP contribution in [0.2, 0.25) is 0 Å². The van der Waals surface area contributed by atoms with Crippen molar-refractivity contribution >= 4 is 11.8 Å². The molecule has 0 aliphatic heterocycles. The number of aryl methyl sites for hydroxylation is 2. The standard InChI is InChI=1S/C24H32N2O3/c1-5-25-24(28)20(4)26(17-21-10-7-6-9-19(21)3)23(27)11-8-16-29-22-14-12-18(2)13-15-22/h6-7,9-10,12-15,20H,5,8,11,16-17H2,1-4H3,(H,25,28). The Morgan fingerprint density at radius 2 is 1.76 bits per heavy atom. The summed E-state index contributed by atoms with van der Waals surface area (Å²) in [4.78, 5) is 27.0.